The summed E-state index contributed by atoms with van der Waals surface area (Å²) in [5.74, 6) is 0.920. The lowest BCUT2D eigenvalue weighted by Gasteiger charge is -2.43. The van der Waals surface area contributed by atoms with Gasteiger partial charge in [-0.15, -0.1) is 0 Å². The van der Waals surface area contributed by atoms with E-state index in [0.29, 0.717) is 25.7 Å². The Hall–Kier alpha value is -2.72. The van der Waals surface area contributed by atoms with Crippen molar-refractivity contribution in [3.05, 3.63) is 42.1 Å². The molecule has 0 bridgehead atoms. The van der Waals surface area contributed by atoms with Gasteiger partial charge >= 0.3 is 0 Å². The minimum absolute atomic E-state index is 0.0467. The average Bonchev–Trinajstić information content (AvgIpc) is 3.48. The number of anilines is 2. The molecule has 2 N–H and O–H groups in total. The molecule has 3 aromatic rings. The quantitative estimate of drug-likeness (QED) is 0.621. The maximum atomic E-state index is 12.2. The SMILES string of the molecule is C[C@@H]1Cc2ncnc(N3CC(NS(=O)(=O)C4CC4)C3)c2CN1c1ccnc2[nH]ccc12. The highest BCUT2D eigenvalue weighted by Gasteiger charge is 2.40. The van der Waals surface area contributed by atoms with Crippen LogP contribution in [0.15, 0.2) is 30.9 Å². The van der Waals surface area contributed by atoms with E-state index in [1.165, 1.54) is 0 Å². The smallest absolute Gasteiger partial charge is 0.214 e. The first-order valence-electron chi connectivity index (χ1n) is 10.8. The largest absolute Gasteiger partial charge is 0.363 e. The Morgan fingerprint density at radius 3 is 2.81 bits per heavy atom. The van der Waals surface area contributed by atoms with Crippen LogP contribution in [-0.4, -0.2) is 58.8 Å². The molecule has 2 fully saturated rings. The van der Waals surface area contributed by atoms with Crippen molar-refractivity contribution in [1.29, 1.82) is 0 Å². The number of fused-ring (bicyclic) bond motifs is 2. The van der Waals surface area contributed by atoms with E-state index < -0.39 is 10.0 Å². The molecule has 162 valence electrons. The third-order valence-electron chi connectivity index (χ3n) is 6.58. The van der Waals surface area contributed by atoms with Crippen LogP contribution < -0.4 is 14.5 Å². The summed E-state index contributed by atoms with van der Waals surface area (Å²) < 4.78 is 27.3. The van der Waals surface area contributed by atoms with E-state index in [0.717, 1.165) is 53.1 Å². The molecule has 0 amide bonds. The zero-order valence-corrected chi connectivity index (χ0v) is 18.1. The second-order valence-corrected chi connectivity index (χ2v) is 10.8. The van der Waals surface area contributed by atoms with Crippen LogP contribution >= 0.6 is 0 Å². The summed E-state index contributed by atoms with van der Waals surface area (Å²) in [4.78, 5) is 21.3. The lowest BCUT2D eigenvalue weighted by atomic mass is 9.97. The summed E-state index contributed by atoms with van der Waals surface area (Å²) in [6.45, 7) is 4.21. The van der Waals surface area contributed by atoms with Gasteiger partial charge in [0.25, 0.3) is 0 Å². The molecule has 3 aromatic heterocycles. The molecule has 0 spiro atoms. The molecule has 0 aromatic carbocycles. The van der Waals surface area contributed by atoms with Gasteiger partial charge in [0.2, 0.25) is 10.0 Å². The van der Waals surface area contributed by atoms with E-state index in [4.69, 9.17) is 0 Å². The molecule has 1 atom stereocenters. The first-order valence-corrected chi connectivity index (χ1v) is 12.3. The van der Waals surface area contributed by atoms with Crippen molar-refractivity contribution in [2.45, 2.75) is 50.1 Å². The number of sulfonamides is 1. The number of rotatable bonds is 5. The molecule has 3 aliphatic rings. The van der Waals surface area contributed by atoms with Gasteiger partial charge in [0.1, 0.15) is 17.8 Å². The molecule has 10 heteroatoms. The van der Waals surface area contributed by atoms with Gasteiger partial charge in [-0.25, -0.2) is 28.1 Å². The fraction of sp³-hybridized carbons (Fsp3) is 0.476. The molecule has 2 aliphatic heterocycles. The molecule has 6 rings (SSSR count). The maximum Gasteiger partial charge on any atom is 0.214 e. The number of pyridine rings is 1. The van der Waals surface area contributed by atoms with Crippen molar-refractivity contribution < 1.29 is 8.42 Å². The Morgan fingerprint density at radius 1 is 1.16 bits per heavy atom. The fourth-order valence-electron chi connectivity index (χ4n) is 4.72. The highest BCUT2D eigenvalue weighted by atomic mass is 32.2. The third-order valence-corrected chi connectivity index (χ3v) is 8.59. The van der Waals surface area contributed by atoms with E-state index in [9.17, 15) is 8.42 Å². The van der Waals surface area contributed by atoms with E-state index in [1.807, 2.05) is 12.4 Å². The average molecular weight is 440 g/mol. The number of hydrogen-bond donors (Lipinski definition) is 2. The van der Waals surface area contributed by atoms with Crippen LogP contribution in [-0.2, 0) is 23.0 Å². The Bertz CT molecular complexity index is 1250. The summed E-state index contributed by atoms with van der Waals surface area (Å²) in [6.07, 6.45) is 7.79. The van der Waals surface area contributed by atoms with Crippen molar-refractivity contribution in [3.63, 3.8) is 0 Å². The van der Waals surface area contributed by atoms with E-state index in [1.54, 1.807) is 6.33 Å². The Kier molecular flexibility index (Phi) is 4.23. The van der Waals surface area contributed by atoms with Crippen molar-refractivity contribution >= 4 is 32.6 Å². The van der Waals surface area contributed by atoms with Crippen LogP contribution in [0.25, 0.3) is 11.0 Å². The highest BCUT2D eigenvalue weighted by Crippen LogP contribution is 2.36. The minimum Gasteiger partial charge on any atom is -0.363 e. The van der Waals surface area contributed by atoms with E-state index >= 15 is 0 Å². The lowest BCUT2D eigenvalue weighted by molar-refractivity contribution is 0.461. The van der Waals surface area contributed by atoms with Crippen LogP contribution in [0.1, 0.15) is 31.0 Å². The van der Waals surface area contributed by atoms with E-state index in [-0.39, 0.29) is 11.3 Å². The van der Waals surface area contributed by atoms with Gasteiger partial charge in [0, 0.05) is 61.1 Å². The molecule has 9 nitrogen and oxygen atoms in total. The van der Waals surface area contributed by atoms with Gasteiger partial charge in [-0.05, 0) is 31.9 Å². The van der Waals surface area contributed by atoms with E-state index in [2.05, 4.69) is 53.5 Å². The first kappa shape index (κ1) is 19.0. The zero-order chi connectivity index (χ0) is 21.2. The Morgan fingerprint density at radius 2 is 2.00 bits per heavy atom. The third kappa shape index (κ3) is 3.25. The lowest BCUT2D eigenvalue weighted by Crippen LogP contribution is -2.60. The first-order chi connectivity index (χ1) is 15.0. The highest BCUT2D eigenvalue weighted by molar-refractivity contribution is 7.90. The van der Waals surface area contributed by atoms with Crippen LogP contribution in [0.4, 0.5) is 11.5 Å². The van der Waals surface area contributed by atoms with Gasteiger partial charge < -0.3 is 14.8 Å². The molecular weight excluding hydrogens is 414 g/mol. The van der Waals surface area contributed by atoms with Crippen LogP contribution in [0.5, 0.6) is 0 Å². The van der Waals surface area contributed by atoms with Gasteiger partial charge in [-0.1, -0.05) is 0 Å². The van der Waals surface area contributed by atoms with Crippen molar-refractivity contribution in [3.8, 4) is 0 Å². The van der Waals surface area contributed by atoms with Gasteiger partial charge in [0.15, 0.2) is 0 Å². The number of nitrogens with zero attached hydrogens (tertiary/aromatic N) is 5. The molecule has 1 saturated carbocycles. The zero-order valence-electron chi connectivity index (χ0n) is 17.3. The van der Waals surface area contributed by atoms with Crippen molar-refractivity contribution in [1.82, 2.24) is 24.7 Å². The summed E-state index contributed by atoms with van der Waals surface area (Å²) in [5, 5.41) is 0.920. The molecule has 0 radical (unpaired) electrons. The Labute approximate surface area is 181 Å². The number of nitrogens with one attached hydrogen (secondary N) is 2. The second kappa shape index (κ2) is 6.89. The molecule has 1 aliphatic carbocycles. The molecule has 0 unspecified atom stereocenters. The van der Waals surface area contributed by atoms with Crippen molar-refractivity contribution in [2.24, 2.45) is 0 Å². The van der Waals surface area contributed by atoms with Gasteiger partial charge in [-0.3, -0.25) is 0 Å². The van der Waals surface area contributed by atoms with Gasteiger partial charge in [-0.2, -0.15) is 0 Å². The van der Waals surface area contributed by atoms with Crippen molar-refractivity contribution in [2.75, 3.05) is 22.9 Å². The molecule has 1 saturated heterocycles. The molecule has 5 heterocycles. The summed E-state index contributed by atoms with van der Waals surface area (Å²) in [6, 6.07) is 4.38. The number of aromatic nitrogens is 4. The standard InChI is InChI=1S/C21H25N7O2S/c1-13-8-18-17(11-28(13)19-5-7-23-20-16(19)4-6-22-20)21(25-12-24-18)27-9-14(10-27)26-31(29,30)15-2-3-15/h4-7,12-15,26H,2-3,8-11H2,1H3,(H,22,23)/t13-/m1/s1. The number of aromatic amines is 1. The topological polar surface area (TPSA) is 107 Å². The maximum absolute atomic E-state index is 12.2. The van der Waals surface area contributed by atoms with Crippen LogP contribution in [0.2, 0.25) is 0 Å². The predicted octanol–water partition coefficient (Wildman–Crippen LogP) is 1.57. The minimum atomic E-state index is -3.16. The monoisotopic (exact) mass is 439 g/mol. The van der Waals surface area contributed by atoms with Gasteiger partial charge in [0.05, 0.1) is 17.0 Å². The number of H-pyrrole nitrogens is 1. The predicted molar refractivity (Wildman–Crippen MR) is 119 cm³/mol. The van der Waals surface area contributed by atoms with Crippen LogP contribution in [0.3, 0.4) is 0 Å². The molecular formula is C21H25N7O2S. The normalized spacial score (nSPS) is 21.9. The fourth-order valence-corrected chi connectivity index (χ4v) is 6.28. The Balaban J connectivity index is 1.26. The second-order valence-electron chi connectivity index (χ2n) is 8.84. The summed E-state index contributed by atoms with van der Waals surface area (Å²) in [5.41, 5.74) is 4.24. The summed E-state index contributed by atoms with van der Waals surface area (Å²) >= 11 is 0. The van der Waals surface area contributed by atoms with Crippen LogP contribution in [0, 0.1) is 0 Å². The molecule has 31 heavy (non-hydrogen) atoms. The summed E-state index contributed by atoms with van der Waals surface area (Å²) in [7, 11) is -3.16. The number of hydrogen-bond acceptors (Lipinski definition) is 7.